The van der Waals surface area contributed by atoms with Gasteiger partial charge in [0.15, 0.2) is 11.9 Å². The number of hydrogen-bond donors (Lipinski definition) is 5. The van der Waals surface area contributed by atoms with Gasteiger partial charge < -0.3 is 34.4 Å². The van der Waals surface area contributed by atoms with Gasteiger partial charge in [0.05, 0.1) is 25.9 Å². The zero-order chi connectivity index (χ0) is 46.6. The molecule has 0 aliphatic heterocycles. The second kappa shape index (κ2) is 36.2. The smallest absolute Gasteiger partial charge is 0.462 e. The van der Waals surface area contributed by atoms with E-state index >= 15 is 0 Å². The highest BCUT2D eigenvalue weighted by Crippen LogP contribution is 2.44. The van der Waals surface area contributed by atoms with Crippen LogP contribution in [0, 0.1) is 11.8 Å². The highest BCUT2D eigenvalue weighted by Gasteiger charge is 2.29. The summed E-state index contributed by atoms with van der Waals surface area (Å²) in [5, 5.41) is 20.0. The zero-order valence-electron chi connectivity index (χ0n) is 37.2. The number of phosphoric acid groups is 2. The summed E-state index contributed by atoms with van der Waals surface area (Å²) < 4.78 is 47.8. The second-order valence-corrected chi connectivity index (χ2v) is 17.9. The Morgan fingerprint density at radius 2 is 1.30 bits per heavy atom. The predicted molar refractivity (Wildman–Crippen MR) is 243 cm³/mol. The first-order chi connectivity index (χ1) is 30.2. The van der Waals surface area contributed by atoms with E-state index in [1.165, 1.54) is 0 Å². The number of esters is 2. The minimum absolute atomic E-state index is 0.00367. The standard InChI is InChI=1S/C46H74O15P2/c1-3-5-7-8-9-10-11-12-13-14-15-16-17-18-19-20-25-29-45(50)57-37-42(38-60-63(55,56)59-36-41(48)35-58-62(52,53)54)61-46(51)30-26-22-21-24-27-39-31-34-44(49)43(39)33-32-40(47)28-23-6-4-2/h5,7,9-10,12-13,15-16,21,24,31-34,39-43,47-48H,3-4,6,8,11,14,17-20,22-23,25-30,35-38H2,1-2H3,(H,55,56)(H2,52,53,54)/b7-5-,10-9-,13-12-,16-15-,24-21-,33-32+/t39-,40-,41-,42+,43+/m0/s1. The van der Waals surface area contributed by atoms with Crippen molar-refractivity contribution in [2.24, 2.45) is 11.8 Å². The Labute approximate surface area is 374 Å². The van der Waals surface area contributed by atoms with Crippen LogP contribution in [0.4, 0.5) is 0 Å². The summed E-state index contributed by atoms with van der Waals surface area (Å²) >= 11 is 0. The first-order valence-corrected chi connectivity index (χ1v) is 25.4. The van der Waals surface area contributed by atoms with Crippen molar-refractivity contribution in [1.82, 2.24) is 0 Å². The van der Waals surface area contributed by atoms with Crippen LogP contribution in [0.5, 0.6) is 0 Å². The predicted octanol–water partition coefficient (Wildman–Crippen LogP) is 9.18. The van der Waals surface area contributed by atoms with Crippen molar-refractivity contribution in [3.63, 3.8) is 0 Å². The molecule has 6 atom stereocenters. The second-order valence-electron chi connectivity index (χ2n) is 15.2. The van der Waals surface area contributed by atoms with Crippen LogP contribution < -0.4 is 0 Å². The van der Waals surface area contributed by atoms with E-state index in [4.69, 9.17) is 23.8 Å². The van der Waals surface area contributed by atoms with Crippen LogP contribution in [-0.4, -0.2) is 87.4 Å². The van der Waals surface area contributed by atoms with E-state index in [-0.39, 0.29) is 30.5 Å². The molecular weight excluding hydrogens is 854 g/mol. The van der Waals surface area contributed by atoms with Crippen LogP contribution in [0.3, 0.4) is 0 Å². The number of carbonyl (C=O) groups excluding carboxylic acids is 3. The van der Waals surface area contributed by atoms with Gasteiger partial charge in [-0.3, -0.25) is 28.0 Å². The van der Waals surface area contributed by atoms with Crippen LogP contribution in [0.15, 0.2) is 85.1 Å². The molecule has 0 fully saturated rings. The van der Waals surface area contributed by atoms with E-state index < -0.39 is 72.3 Å². The van der Waals surface area contributed by atoms with E-state index in [0.29, 0.717) is 32.1 Å². The lowest BCUT2D eigenvalue weighted by atomic mass is 9.90. The van der Waals surface area contributed by atoms with Gasteiger partial charge in [0.25, 0.3) is 0 Å². The molecule has 1 aliphatic rings. The Balaban J connectivity index is 2.55. The van der Waals surface area contributed by atoms with Crippen LogP contribution in [-0.2, 0) is 46.6 Å². The molecule has 0 radical (unpaired) electrons. The molecule has 0 saturated carbocycles. The highest BCUT2D eigenvalue weighted by atomic mass is 31.2. The molecule has 0 spiro atoms. The number of hydrogen-bond acceptors (Lipinski definition) is 12. The number of ketones is 1. The zero-order valence-corrected chi connectivity index (χ0v) is 39.0. The van der Waals surface area contributed by atoms with Gasteiger partial charge in [0, 0.05) is 18.8 Å². The van der Waals surface area contributed by atoms with Gasteiger partial charge in [-0.15, -0.1) is 0 Å². The Bertz CT molecular complexity index is 1580. The van der Waals surface area contributed by atoms with Crippen LogP contribution in [0.1, 0.15) is 129 Å². The molecule has 0 heterocycles. The Morgan fingerprint density at radius 1 is 0.698 bits per heavy atom. The SMILES string of the molecule is CC/C=C\C/C=C\C/C=C\C/C=C\CCCCCCC(=O)OC[C@H](COP(=O)(O)OC[C@@H](O)COP(=O)(O)O)OC(=O)CCC/C=C\C[C@H]1C=CC(=O)[C@@H]1/C=C/[C@@H](O)CCCCC. The molecule has 358 valence electrons. The topological polar surface area (TPSA) is 233 Å². The molecule has 0 aromatic rings. The summed E-state index contributed by atoms with van der Waals surface area (Å²) in [6, 6.07) is 0. The molecule has 0 aromatic carbocycles. The molecule has 17 heteroatoms. The van der Waals surface area contributed by atoms with Crippen molar-refractivity contribution in [3.8, 4) is 0 Å². The molecule has 0 aromatic heterocycles. The largest absolute Gasteiger partial charge is 0.472 e. The van der Waals surface area contributed by atoms with Crippen LogP contribution in [0.2, 0.25) is 0 Å². The monoisotopic (exact) mass is 928 g/mol. The number of aliphatic hydroxyl groups is 2. The van der Waals surface area contributed by atoms with Crippen LogP contribution >= 0.6 is 15.6 Å². The summed E-state index contributed by atoms with van der Waals surface area (Å²) in [6.45, 7) is 1.27. The van der Waals surface area contributed by atoms with E-state index in [9.17, 15) is 38.6 Å². The maximum atomic E-state index is 12.8. The number of carbonyl (C=O) groups is 3. The summed E-state index contributed by atoms with van der Waals surface area (Å²) in [4.78, 5) is 65.3. The number of rotatable bonds is 38. The maximum absolute atomic E-state index is 12.8. The molecule has 63 heavy (non-hydrogen) atoms. The Hall–Kier alpha value is -3.07. The van der Waals surface area contributed by atoms with Gasteiger partial charge in [-0.2, -0.15) is 0 Å². The average molecular weight is 929 g/mol. The maximum Gasteiger partial charge on any atom is 0.472 e. The van der Waals surface area contributed by atoms with Gasteiger partial charge in [-0.25, -0.2) is 9.13 Å². The molecule has 1 aliphatic carbocycles. The van der Waals surface area contributed by atoms with Gasteiger partial charge in [0.1, 0.15) is 12.7 Å². The Kier molecular flexibility index (Phi) is 33.3. The molecule has 0 saturated heterocycles. The Morgan fingerprint density at radius 3 is 1.98 bits per heavy atom. The molecule has 0 amide bonds. The lowest BCUT2D eigenvalue weighted by Crippen LogP contribution is -2.29. The van der Waals surface area contributed by atoms with Crippen LogP contribution in [0.25, 0.3) is 0 Å². The van der Waals surface area contributed by atoms with Crippen molar-refractivity contribution < 1.29 is 71.5 Å². The number of phosphoric ester groups is 2. The van der Waals surface area contributed by atoms with Gasteiger partial charge in [-0.05, 0) is 82.6 Å². The fourth-order valence-electron chi connectivity index (χ4n) is 6.03. The third-order valence-electron chi connectivity index (χ3n) is 9.51. The summed E-state index contributed by atoms with van der Waals surface area (Å²) in [5.74, 6) is -1.59. The molecule has 5 N–H and O–H groups in total. The van der Waals surface area contributed by atoms with Crippen molar-refractivity contribution in [1.29, 1.82) is 0 Å². The van der Waals surface area contributed by atoms with E-state index in [1.54, 1.807) is 18.2 Å². The van der Waals surface area contributed by atoms with Crippen molar-refractivity contribution in [2.45, 2.75) is 148 Å². The number of unbranched alkanes of at least 4 members (excludes halogenated alkanes) is 7. The minimum Gasteiger partial charge on any atom is -0.462 e. The highest BCUT2D eigenvalue weighted by molar-refractivity contribution is 7.47. The molecule has 1 rings (SSSR count). The summed E-state index contributed by atoms with van der Waals surface area (Å²) in [7, 11) is -9.77. The minimum atomic E-state index is -4.90. The first kappa shape index (κ1) is 57.9. The van der Waals surface area contributed by atoms with Crippen molar-refractivity contribution in [3.05, 3.63) is 85.1 Å². The van der Waals surface area contributed by atoms with E-state index in [2.05, 4.69) is 71.5 Å². The van der Waals surface area contributed by atoms with E-state index in [1.807, 2.05) is 18.2 Å². The fraction of sp³-hybridized carbons (Fsp3) is 0.630. The van der Waals surface area contributed by atoms with Crippen molar-refractivity contribution >= 4 is 33.4 Å². The number of allylic oxidation sites excluding steroid dienone is 13. The van der Waals surface area contributed by atoms with E-state index in [0.717, 1.165) is 70.6 Å². The first-order valence-electron chi connectivity index (χ1n) is 22.3. The van der Waals surface area contributed by atoms with Gasteiger partial charge >= 0.3 is 27.6 Å². The summed E-state index contributed by atoms with van der Waals surface area (Å²) in [5.41, 5.74) is 0. The lowest BCUT2D eigenvalue weighted by molar-refractivity contribution is -0.161. The normalized spacial score (nSPS) is 18.5. The van der Waals surface area contributed by atoms with Crippen molar-refractivity contribution in [2.75, 3.05) is 26.4 Å². The fourth-order valence-corrected chi connectivity index (χ4v) is 7.19. The summed E-state index contributed by atoms with van der Waals surface area (Å²) in [6.07, 6.45) is 37.8. The third-order valence-corrected chi connectivity index (χ3v) is 10.9. The molecule has 1 unspecified atom stereocenters. The number of ether oxygens (including phenoxy) is 2. The molecule has 0 bridgehead atoms. The molecular formula is C46H74O15P2. The van der Waals surface area contributed by atoms with Gasteiger partial charge in [-0.1, -0.05) is 125 Å². The number of aliphatic hydroxyl groups excluding tert-OH is 2. The van der Waals surface area contributed by atoms with Gasteiger partial charge in [0.2, 0.25) is 0 Å². The quantitative estimate of drug-likeness (QED) is 0.0168. The molecule has 15 nitrogen and oxygen atoms in total. The third kappa shape index (κ3) is 34.0. The average Bonchev–Trinajstić information content (AvgIpc) is 3.59. The lowest BCUT2D eigenvalue weighted by Gasteiger charge is -2.20.